The molecular weight excluding hydrogens is 214 g/mol. The van der Waals surface area contributed by atoms with Gasteiger partial charge in [-0.15, -0.1) is 0 Å². The van der Waals surface area contributed by atoms with Gasteiger partial charge >= 0.3 is 6.03 Å². The van der Waals surface area contributed by atoms with Crippen molar-refractivity contribution in [1.29, 1.82) is 0 Å². The van der Waals surface area contributed by atoms with E-state index in [0.29, 0.717) is 6.04 Å². The summed E-state index contributed by atoms with van der Waals surface area (Å²) in [7, 11) is 0. The highest BCUT2D eigenvalue weighted by Gasteiger charge is 2.38. The topological polar surface area (TPSA) is 44.4 Å². The molecule has 3 fully saturated rings. The fourth-order valence-corrected chi connectivity index (χ4v) is 3.18. The number of rotatable bonds is 1. The Bertz CT molecular complexity index is 290. The highest BCUT2D eigenvalue weighted by atomic mass is 16.2. The van der Waals surface area contributed by atoms with Crippen molar-refractivity contribution in [2.45, 2.75) is 56.5 Å². The lowest BCUT2D eigenvalue weighted by Gasteiger charge is -2.45. The van der Waals surface area contributed by atoms with Crippen LogP contribution in [0.2, 0.25) is 0 Å². The molecule has 1 spiro atoms. The Balaban J connectivity index is 1.59. The summed E-state index contributed by atoms with van der Waals surface area (Å²) in [6.07, 6.45) is 8.55. The maximum Gasteiger partial charge on any atom is 0.317 e. The van der Waals surface area contributed by atoms with Gasteiger partial charge in [-0.1, -0.05) is 6.42 Å². The second-order valence-corrected chi connectivity index (χ2v) is 5.91. The van der Waals surface area contributed by atoms with E-state index in [1.165, 1.54) is 38.5 Å². The molecule has 4 heteroatoms. The monoisotopic (exact) mass is 237 g/mol. The van der Waals surface area contributed by atoms with Crippen molar-refractivity contribution in [3.05, 3.63) is 0 Å². The van der Waals surface area contributed by atoms with E-state index in [2.05, 4.69) is 10.6 Å². The maximum absolute atomic E-state index is 12.1. The van der Waals surface area contributed by atoms with Crippen molar-refractivity contribution in [2.75, 3.05) is 19.6 Å². The van der Waals surface area contributed by atoms with E-state index in [-0.39, 0.29) is 11.6 Å². The molecule has 17 heavy (non-hydrogen) atoms. The Morgan fingerprint density at radius 3 is 2.76 bits per heavy atom. The molecule has 3 rings (SSSR count). The molecule has 3 aliphatic rings. The number of carbonyl (C=O) groups is 1. The van der Waals surface area contributed by atoms with Crippen molar-refractivity contribution in [3.8, 4) is 0 Å². The number of hydrogen-bond donors (Lipinski definition) is 2. The Morgan fingerprint density at radius 1 is 1.24 bits per heavy atom. The standard InChI is InChI=1S/C13H23N3O/c17-12(15-11-4-5-11)16-9-3-7-13(10-16)6-1-2-8-14-13/h11,14H,1-10H2,(H,15,17)/t13-/m1/s1. The Hall–Kier alpha value is -0.770. The smallest absolute Gasteiger partial charge is 0.317 e. The predicted octanol–water partition coefficient (Wildman–Crippen LogP) is 1.47. The zero-order valence-electron chi connectivity index (χ0n) is 10.5. The summed E-state index contributed by atoms with van der Waals surface area (Å²) < 4.78 is 0. The highest BCUT2D eigenvalue weighted by Crippen LogP contribution is 2.29. The largest absolute Gasteiger partial charge is 0.335 e. The normalized spacial score (nSPS) is 33.8. The zero-order valence-corrected chi connectivity index (χ0v) is 10.5. The molecule has 0 aromatic rings. The average Bonchev–Trinajstić information content (AvgIpc) is 3.14. The second kappa shape index (κ2) is 4.48. The summed E-state index contributed by atoms with van der Waals surface area (Å²) in [5.74, 6) is 0. The highest BCUT2D eigenvalue weighted by molar-refractivity contribution is 5.75. The molecule has 0 unspecified atom stereocenters. The Morgan fingerprint density at radius 2 is 2.06 bits per heavy atom. The summed E-state index contributed by atoms with van der Waals surface area (Å²) in [5.41, 5.74) is 0.234. The van der Waals surface area contributed by atoms with E-state index in [1.807, 2.05) is 4.90 Å². The van der Waals surface area contributed by atoms with E-state index in [1.54, 1.807) is 0 Å². The van der Waals surface area contributed by atoms with Gasteiger partial charge in [-0.25, -0.2) is 4.79 Å². The number of likely N-dealkylation sites (tertiary alicyclic amines) is 1. The van der Waals surface area contributed by atoms with Crippen LogP contribution in [0.1, 0.15) is 44.9 Å². The molecule has 4 nitrogen and oxygen atoms in total. The molecule has 0 aromatic heterocycles. The molecule has 2 aliphatic heterocycles. The predicted molar refractivity (Wildman–Crippen MR) is 66.9 cm³/mol. The summed E-state index contributed by atoms with van der Waals surface area (Å²) >= 11 is 0. The minimum absolute atomic E-state index is 0.166. The van der Waals surface area contributed by atoms with Crippen molar-refractivity contribution >= 4 is 6.03 Å². The number of nitrogens with zero attached hydrogens (tertiary/aromatic N) is 1. The lowest BCUT2D eigenvalue weighted by molar-refractivity contribution is 0.112. The van der Waals surface area contributed by atoms with Crippen molar-refractivity contribution in [2.24, 2.45) is 0 Å². The van der Waals surface area contributed by atoms with E-state index in [4.69, 9.17) is 0 Å². The zero-order chi connectivity index (χ0) is 11.7. The van der Waals surface area contributed by atoms with Gasteiger partial charge in [0, 0.05) is 24.7 Å². The number of piperidine rings is 2. The molecule has 0 aromatic carbocycles. The summed E-state index contributed by atoms with van der Waals surface area (Å²) in [6, 6.07) is 0.638. The third-order valence-electron chi connectivity index (χ3n) is 4.35. The van der Waals surface area contributed by atoms with Gasteiger partial charge in [-0.05, 0) is 45.1 Å². The quantitative estimate of drug-likeness (QED) is 0.725. The van der Waals surface area contributed by atoms with Gasteiger partial charge in [0.25, 0.3) is 0 Å². The van der Waals surface area contributed by atoms with Crippen molar-refractivity contribution in [3.63, 3.8) is 0 Å². The van der Waals surface area contributed by atoms with Gasteiger partial charge in [-0.3, -0.25) is 0 Å². The fourth-order valence-electron chi connectivity index (χ4n) is 3.18. The maximum atomic E-state index is 12.1. The molecule has 0 radical (unpaired) electrons. The van der Waals surface area contributed by atoms with Crippen LogP contribution in [0.3, 0.4) is 0 Å². The van der Waals surface area contributed by atoms with Crippen LogP contribution in [0, 0.1) is 0 Å². The average molecular weight is 237 g/mol. The van der Waals surface area contributed by atoms with Crippen LogP contribution in [0.25, 0.3) is 0 Å². The molecule has 2 N–H and O–H groups in total. The number of urea groups is 1. The molecule has 0 bridgehead atoms. The third kappa shape index (κ3) is 2.57. The van der Waals surface area contributed by atoms with E-state index in [9.17, 15) is 4.79 Å². The second-order valence-electron chi connectivity index (χ2n) is 5.91. The first kappa shape index (κ1) is 11.3. The molecule has 96 valence electrons. The molecule has 2 saturated heterocycles. The number of carbonyl (C=O) groups excluding carboxylic acids is 1. The van der Waals surface area contributed by atoms with Crippen LogP contribution in [0.15, 0.2) is 0 Å². The van der Waals surface area contributed by atoms with Crippen LogP contribution in [0.5, 0.6) is 0 Å². The number of nitrogens with one attached hydrogen (secondary N) is 2. The molecule has 2 heterocycles. The van der Waals surface area contributed by atoms with Gasteiger partial charge < -0.3 is 15.5 Å². The lowest BCUT2D eigenvalue weighted by Crippen LogP contribution is -2.61. The molecule has 1 aliphatic carbocycles. The van der Waals surface area contributed by atoms with E-state index in [0.717, 1.165) is 26.1 Å². The van der Waals surface area contributed by atoms with Crippen LogP contribution in [-0.4, -0.2) is 42.1 Å². The Labute approximate surface area is 103 Å². The van der Waals surface area contributed by atoms with Crippen molar-refractivity contribution in [1.82, 2.24) is 15.5 Å². The summed E-state index contributed by atoms with van der Waals surface area (Å²) in [6.45, 7) is 2.96. The van der Waals surface area contributed by atoms with E-state index < -0.39 is 0 Å². The molecule has 2 amide bonds. The van der Waals surface area contributed by atoms with Gasteiger partial charge in [0.05, 0.1) is 0 Å². The Kier molecular flexibility index (Phi) is 2.99. The summed E-state index contributed by atoms with van der Waals surface area (Å²) in [5, 5.41) is 6.77. The lowest BCUT2D eigenvalue weighted by atomic mass is 9.82. The van der Waals surface area contributed by atoms with Crippen LogP contribution >= 0.6 is 0 Å². The molecule has 1 saturated carbocycles. The van der Waals surface area contributed by atoms with Crippen LogP contribution < -0.4 is 10.6 Å². The molecular formula is C13H23N3O. The van der Waals surface area contributed by atoms with Gasteiger partial charge in [0.15, 0.2) is 0 Å². The van der Waals surface area contributed by atoms with Gasteiger partial charge in [0.1, 0.15) is 0 Å². The number of amides is 2. The van der Waals surface area contributed by atoms with E-state index >= 15 is 0 Å². The van der Waals surface area contributed by atoms with Crippen LogP contribution in [-0.2, 0) is 0 Å². The third-order valence-corrected chi connectivity index (χ3v) is 4.35. The number of hydrogen-bond acceptors (Lipinski definition) is 2. The van der Waals surface area contributed by atoms with Crippen LogP contribution in [0.4, 0.5) is 4.79 Å². The van der Waals surface area contributed by atoms with Crippen molar-refractivity contribution < 1.29 is 4.79 Å². The first-order valence-corrected chi connectivity index (χ1v) is 7.08. The van der Waals surface area contributed by atoms with Gasteiger partial charge in [-0.2, -0.15) is 0 Å². The SMILES string of the molecule is O=C(NC1CC1)N1CCC[C@]2(CCCCN2)C1. The first-order chi connectivity index (χ1) is 8.27. The summed E-state index contributed by atoms with van der Waals surface area (Å²) in [4.78, 5) is 14.1. The molecule has 1 atom stereocenters. The van der Waals surface area contributed by atoms with Gasteiger partial charge in [0.2, 0.25) is 0 Å². The minimum atomic E-state index is 0.166. The minimum Gasteiger partial charge on any atom is -0.335 e. The fraction of sp³-hybridized carbons (Fsp3) is 0.923. The first-order valence-electron chi connectivity index (χ1n) is 7.08.